The smallest absolute Gasteiger partial charge is 0.0580 e. The molecular formula is C12H24N2O. The van der Waals surface area contributed by atoms with Gasteiger partial charge < -0.3 is 4.74 Å². The molecule has 0 bridgehead atoms. The molecule has 1 atom stereocenters. The van der Waals surface area contributed by atoms with Crippen molar-refractivity contribution in [2.75, 3.05) is 6.61 Å². The maximum Gasteiger partial charge on any atom is 0.0580 e. The van der Waals surface area contributed by atoms with Gasteiger partial charge in [-0.2, -0.15) is 0 Å². The zero-order valence-corrected chi connectivity index (χ0v) is 10.1. The second-order valence-electron chi connectivity index (χ2n) is 4.67. The van der Waals surface area contributed by atoms with E-state index in [1.54, 1.807) is 0 Å². The highest BCUT2D eigenvalue weighted by atomic mass is 16.5. The molecule has 1 aliphatic rings. The van der Waals surface area contributed by atoms with Crippen LogP contribution in [0, 0.1) is 5.92 Å². The van der Waals surface area contributed by atoms with E-state index in [2.05, 4.69) is 32.3 Å². The van der Waals surface area contributed by atoms with Crippen LogP contribution < -0.4 is 11.3 Å². The molecule has 3 nitrogen and oxygen atoms in total. The molecule has 0 aromatic rings. The van der Waals surface area contributed by atoms with E-state index >= 15 is 0 Å². The van der Waals surface area contributed by atoms with Gasteiger partial charge >= 0.3 is 0 Å². The SMILES string of the molecule is CCOC1CC(CC(C=C(C)C)NN)C1. The first kappa shape index (κ1) is 12.7. The van der Waals surface area contributed by atoms with Crippen LogP contribution in [0.4, 0.5) is 0 Å². The van der Waals surface area contributed by atoms with Crippen molar-refractivity contribution >= 4 is 0 Å². The van der Waals surface area contributed by atoms with Crippen LogP contribution in [0.2, 0.25) is 0 Å². The highest BCUT2D eigenvalue weighted by molar-refractivity contribution is 5.01. The van der Waals surface area contributed by atoms with Gasteiger partial charge in [0.2, 0.25) is 0 Å². The Morgan fingerprint density at radius 2 is 2.20 bits per heavy atom. The lowest BCUT2D eigenvalue weighted by atomic mass is 9.78. The van der Waals surface area contributed by atoms with E-state index in [-0.39, 0.29) is 0 Å². The lowest BCUT2D eigenvalue weighted by Gasteiger charge is -2.36. The van der Waals surface area contributed by atoms with E-state index in [9.17, 15) is 0 Å². The van der Waals surface area contributed by atoms with Gasteiger partial charge in [0.25, 0.3) is 0 Å². The summed E-state index contributed by atoms with van der Waals surface area (Å²) in [4.78, 5) is 0. The molecule has 88 valence electrons. The molecule has 0 saturated heterocycles. The lowest BCUT2D eigenvalue weighted by Crippen LogP contribution is -2.40. The van der Waals surface area contributed by atoms with Crippen molar-refractivity contribution in [1.29, 1.82) is 0 Å². The van der Waals surface area contributed by atoms with E-state index < -0.39 is 0 Å². The average Bonchev–Trinajstić information content (AvgIpc) is 2.12. The summed E-state index contributed by atoms with van der Waals surface area (Å²) in [5, 5.41) is 0. The molecule has 0 heterocycles. The van der Waals surface area contributed by atoms with Crippen LogP contribution in [0.1, 0.15) is 40.0 Å². The van der Waals surface area contributed by atoms with Crippen molar-refractivity contribution in [3.05, 3.63) is 11.6 Å². The van der Waals surface area contributed by atoms with Crippen molar-refractivity contribution in [2.24, 2.45) is 11.8 Å². The number of hydrogen-bond acceptors (Lipinski definition) is 3. The van der Waals surface area contributed by atoms with Crippen LogP contribution in [0.15, 0.2) is 11.6 Å². The molecule has 0 amide bonds. The van der Waals surface area contributed by atoms with Crippen LogP contribution in [-0.2, 0) is 4.74 Å². The molecule has 15 heavy (non-hydrogen) atoms. The van der Waals surface area contributed by atoms with E-state index in [1.165, 1.54) is 18.4 Å². The standard InChI is InChI=1S/C12H24N2O/c1-4-15-12-7-10(8-12)6-11(14-13)5-9(2)3/h5,10-12,14H,4,6-8,13H2,1-3H3. The van der Waals surface area contributed by atoms with Gasteiger partial charge in [0.1, 0.15) is 0 Å². The summed E-state index contributed by atoms with van der Waals surface area (Å²) < 4.78 is 5.54. The molecule has 0 radical (unpaired) electrons. The maximum atomic E-state index is 5.54. The molecule has 1 rings (SSSR count). The molecule has 1 unspecified atom stereocenters. The average molecular weight is 212 g/mol. The fourth-order valence-corrected chi connectivity index (χ4v) is 2.18. The summed E-state index contributed by atoms with van der Waals surface area (Å²) in [7, 11) is 0. The monoisotopic (exact) mass is 212 g/mol. The fraction of sp³-hybridized carbons (Fsp3) is 0.833. The van der Waals surface area contributed by atoms with Crippen LogP contribution in [0.3, 0.4) is 0 Å². The molecule has 0 aromatic heterocycles. The third-order valence-electron chi connectivity index (χ3n) is 2.93. The highest BCUT2D eigenvalue weighted by Gasteiger charge is 2.30. The Balaban J connectivity index is 2.22. The van der Waals surface area contributed by atoms with Crippen LogP contribution in [-0.4, -0.2) is 18.8 Å². The zero-order valence-electron chi connectivity index (χ0n) is 10.1. The Kier molecular flexibility index (Phi) is 5.29. The number of rotatable bonds is 6. The van der Waals surface area contributed by atoms with Crippen molar-refractivity contribution in [3.8, 4) is 0 Å². The normalized spacial score (nSPS) is 26.9. The first-order valence-corrected chi connectivity index (χ1v) is 5.88. The highest BCUT2D eigenvalue weighted by Crippen LogP contribution is 2.33. The molecule has 1 fully saturated rings. The first-order chi connectivity index (χ1) is 7.15. The van der Waals surface area contributed by atoms with Gasteiger partial charge in [0, 0.05) is 12.6 Å². The quantitative estimate of drug-likeness (QED) is 0.402. The summed E-state index contributed by atoms with van der Waals surface area (Å²) in [6.45, 7) is 7.10. The van der Waals surface area contributed by atoms with Gasteiger partial charge in [-0.1, -0.05) is 11.6 Å². The minimum atomic E-state index is 0.322. The molecular weight excluding hydrogens is 188 g/mol. The van der Waals surface area contributed by atoms with E-state index in [4.69, 9.17) is 10.6 Å². The summed E-state index contributed by atoms with van der Waals surface area (Å²) in [5.74, 6) is 6.29. The molecule has 0 aliphatic heterocycles. The lowest BCUT2D eigenvalue weighted by molar-refractivity contribution is -0.0279. The minimum Gasteiger partial charge on any atom is -0.378 e. The van der Waals surface area contributed by atoms with Gasteiger partial charge in [0.05, 0.1) is 6.10 Å². The number of nitrogens with two attached hydrogens (primary N) is 1. The first-order valence-electron chi connectivity index (χ1n) is 5.88. The number of allylic oxidation sites excluding steroid dienone is 1. The minimum absolute atomic E-state index is 0.322. The van der Waals surface area contributed by atoms with E-state index in [1.807, 2.05) is 0 Å². The Morgan fingerprint density at radius 1 is 1.53 bits per heavy atom. The van der Waals surface area contributed by atoms with Crippen molar-refractivity contribution < 1.29 is 4.74 Å². The Hall–Kier alpha value is -0.380. The van der Waals surface area contributed by atoms with Gasteiger partial charge in [-0.15, -0.1) is 0 Å². The van der Waals surface area contributed by atoms with Crippen molar-refractivity contribution in [1.82, 2.24) is 5.43 Å². The van der Waals surface area contributed by atoms with Crippen LogP contribution in [0.25, 0.3) is 0 Å². The van der Waals surface area contributed by atoms with E-state index in [0.717, 1.165) is 18.9 Å². The van der Waals surface area contributed by atoms with Crippen molar-refractivity contribution in [2.45, 2.75) is 52.2 Å². The number of hydrazine groups is 1. The predicted octanol–water partition coefficient (Wildman–Crippen LogP) is 1.99. The van der Waals surface area contributed by atoms with Crippen molar-refractivity contribution in [3.63, 3.8) is 0 Å². The summed E-state index contributed by atoms with van der Waals surface area (Å²) in [5.41, 5.74) is 4.18. The van der Waals surface area contributed by atoms with Gasteiger partial charge in [-0.25, -0.2) is 0 Å². The Morgan fingerprint density at radius 3 is 2.67 bits per heavy atom. The molecule has 0 aromatic carbocycles. The molecule has 3 N–H and O–H groups in total. The Labute approximate surface area is 93.0 Å². The summed E-state index contributed by atoms with van der Waals surface area (Å²) >= 11 is 0. The molecule has 3 heteroatoms. The van der Waals surface area contributed by atoms with E-state index in [0.29, 0.717) is 12.1 Å². The number of hydrogen-bond donors (Lipinski definition) is 2. The summed E-state index contributed by atoms with van der Waals surface area (Å²) in [6, 6.07) is 0.322. The third kappa shape index (κ3) is 4.33. The molecule has 0 spiro atoms. The van der Waals surface area contributed by atoms with Crippen LogP contribution >= 0.6 is 0 Å². The zero-order chi connectivity index (χ0) is 11.3. The summed E-state index contributed by atoms with van der Waals surface area (Å²) in [6.07, 6.45) is 6.23. The number of nitrogens with one attached hydrogen (secondary N) is 1. The third-order valence-corrected chi connectivity index (χ3v) is 2.93. The van der Waals surface area contributed by atoms with Gasteiger partial charge in [-0.05, 0) is 46.0 Å². The Bertz CT molecular complexity index is 206. The molecule has 1 aliphatic carbocycles. The number of ether oxygens (including phenoxy) is 1. The molecule has 1 saturated carbocycles. The predicted molar refractivity (Wildman–Crippen MR) is 63.3 cm³/mol. The largest absolute Gasteiger partial charge is 0.378 e. The van der Waals surface area contributed by atoms with Crippen LogP contribution in [0.5, 0.6) is 0 Å². The van der Waals surface area contributed by atoms with Gasteiger partial charge in [0.15, 0.2) is 0 Å². The van der Waals surface area contributed by atoms with Gasteiger partial charge in [-0.3, -0.25) is 11.3 Å². The second kappa shape index (κ2) is 6.26. The fourth-order valence-electron chi connectivity index (χ4n) is 2.18. The second-order valence-corrected chi connectivity index (χ2v) is 4.67. The topological polar surface area (TPSA) is 47.3 Å². The maximum absolute atomic E-state index is 5.54.